The van der Waals surface area contributed by atoms with Gasteiger partial charge in [-0.05, 0) is 57.5 Å². The topological polar surface area (TPSA) is 36.4 Å². The number of aromatic nitrogens is 1. The zero-order chi connectivity index (χ0) is 11.8. The predicted octanol–water partition coefficient (Wildman–Crippen LogP) is 2.06. The first-order valence-electron chi connectivity index (χ1n) is 5.94. The fraction of sp³-hybridized carbons (Fsp3) is 0.615. The molecule has 90 valence electrons. The smallest absolute Gasteiger partial charge is 0.0512 e. The van der Waals surface area contributed by atoms with Gasteiger partial charge in [0.15, 0.2) is 0 Å². The summed E-state index contributed by atoms with van der Waals surface area (Å²) < 4.78 is 0. The zero-order valence-electron chi connectivity index (χ0n) is 10.3. The van der Waals surface area contributed by atoms with Crippen molar-refractivity contribution in [1.29, 1.82) is 0 Å². The van der Waals surface area contributed by atoms with E-state index < -0.39 is 0 Å². The molecule has 0 fully saturated rings. The van der Waals surface area contributed by atoms with Gasteiger partial charge >= 0.3 is 0 Å². The summed E-state index contributed by atoms with van der Waals surface area (Å²) in [7, 11) is 2.13. The van der Waals surface area contributed by atoms with Crippen molar-refractivity contribution in [3.8, 4) is 0 Å². The summed E-state index contributed by atoms with van der Waals surface area (Å²) in [6.07, 6.45) is 6.65. The van der Waals surface area contributed by atoms with E-state index in [1.807, 2.05) is 31.5 Å². The van der Waals surface area contributed by atoms with Gasteiger partial charge in [-0.2, -0.15) is 0 Å². The van der Waals surface area contributed by atoms with Crippen LogP contribution in [0.15, 0.2) is 24.5 Å². The average molecular weight is 222 g/mol. The van der Waals surface area contributed by atoms with Gasteiger partial charge in [0, 0.05) is 18.9 Å². The number of pyridine rings is 1. The Morgan fingerprint density at radius 2 is 2.00 bits per heavy atom. The molecule has 1 unspecified atom stereocenters. The molecule has 1 atom stereocenters. The Balaban J connectivity index is 2.14. The minimum Gasteiger partial charge on any atom is -0.393 e. The molecule has 3 nitrogen and oxygen atoms in total. The molecule has 1 aromatic heterocycles. The van der Waals surface area contributed by atoms with Crippen molar-refractivity contribution in [2.45, 2.75) is 38.8 Å². The van der Waals surface area contributed by atoms with Crippen LogP contribution >= 0.6 is 0 Å². The van der Waals surface area contributed by atoms with Crippen LogP contribution in [-0.2, 0) is 6.54 Å². The standard InChI is InChI=1S/C13H22N2O/c1-12(16)5-3-4-10-15(2)11-13-6-8-14-9-7-13/h6-9,12,16H,3-5,10-11H2,1-2H3. The summed E-state index contributed by atoms with van der Waals surface area (Å²) in [4.78, 5) is 6.30. The Bertz CT molecular complexity index is 275. The average Bonchev–Trinajstić information content (AvgIpc) is 2.25. The molecule has 1 heterocycles. The molecule has 0 aromatic carbocycles. The molecular weight excluding hydrogens is 200 g/mol. The number of unbranched alkanes of at least 4 members (excludes halogenated alkanes) is 1. The molecule has 3 heteroatoms. The molecule has 0 aliphatic heterocycles. The van der Waals surface area contributed by atoms with E-state index in [1.54, 1.807) is 0 Å². The zero-order valence-corrected chi connectivity index (χ0v) is 10.3. The molecule has 1 N–H and O–H groups in total. The van der Waals surface area contributed by atoms with Crippen LogP contribution in [0.4, 0.5) is 0 Å². The maximum Gasteiger partial charge on any atom is 0.0512 e. The molecule has 0 saturated heterocycles. The van der Waals surface area contributed by atoms with Gasteiger partial charge in [0.05, 0.1) is 6.10 Å². The van der Waals surface area contributed by atoms with Gasteiger partial charge in [0.2, 0.25) is 0 Å². The van der Waals surface area contributed by atoms with Crippen LogP contribution in [-0.4, -0.2) is 34.7 Å². The van der Waals surface area contributed by atoms with Crippen LogP contribution in [0.25, 0.3) is 0 Å². The highest BCUT2D eigenvalue weighted by molar-refractivity contribution is 5.09. The third-order valence-electron chi connectivity index (χ3n) is 2.61. The normalized spacial score (nSPS) is 13.0. The largest absolute Gasteiger partial charge is 0.393 e. The van der Waals surface area contributed by atoms with Gasteiger partial charge in [-0.15, -0.1) is 0 Å². The van der Waals surface area contributed by atoms with Crippen LogP contribution in [0.5, 0.6) is 0 Å². The second-order valence-electron chi connectivity index (χ2n) is 4.44. The minimum atomic E-state index is -0.162. The van der Waals surface area contributed by atoms with Gasteiger partial charge in [-0.1, -0.05) is 0 Å². The number of nitrogens with zero attached hydrogens (tertiary/aromatic N) is 2. The number of hydrogen-bond acceptors (Lipinski definition) is 3. The van der Waals surface area contributed by atoms with Gasteiger partial charge in [-0.25, -0.2) is 0 Å². The lowest BCUT2D eigenvalue weighted by atomic mass is 10.1. The third-order valence-corrected chi connectivity index (χ3v) is 2.61. The Hall–Kier alpha value is -0.930. The SMILES string of the molecule is CC(O)CCCCN(C)Cc1ccncc1. The van der Waals surface area contributed by atoms with Crippen LogP contribution < -0.4 is 0 Å². The molecule has 0 amide bonds. The summed E-state index contributed by atoms with van der Waals surface area (Å²) in [6, 6.07) is 4.10. The van der Waals surface area contributed by atoms with Gasteiger partial charge < -0.3 is 10.0 Å². The monoisotopic (exact) mass is 222 g/mol. The maximum atomic E-state index is 9.13. The predicted molar refractivity (Wildman–Crippen MR) is 66.1 cm³/mol. The Kier molecular flexibility index (Phi) is 6.04. The number of hydrogen-bond donors (Lipinski definition) is 1. The lowest BCUT2D eigenvalue weighted by molar-refractivity contribution is 0.178. The molecular formula is C13H22N2O. The number of rotatable bonds is 7. The molecule has 0 aliphatic carbocycles. The molecule has 1 aromatic rings. The summed E-state index contributed by atoms with van der Waals surface area (Å²) in [5.41, 5.74) is 1.30. The molecule has 0 aliphatic rings. The summed E-state index contributed by atoms with van der Waals surface area (Å²) in [5.74, 6) is 0. The maximum absolute atomic E-state index is 9.13. The second-order valence-corrected chi connectivity index (χ2v) is 4.44. The van der Waals surface area contributed by atoms with Crippen LogP contribution in [0.1, 0.15) is 31.7 Å². The molecule has 16 heavy (non-hydrogen) atoms. The van der Waals surface area contributed by atoms with Gasteiger partial charge in [-0.3, -0.25) is 4.98 Å². The first-order chi connectivity index (χ1) is 7.68. The highest BCUT2D eigenvalue weighted by Gasteiger charge is 2.01. The van der Waals surface area contributed by atoms with Crippen LogP contribution in [0.2, 0.25) is 0 Å². The Morgan fingerprint density at radius 1 is 1.31 bits per heavy atom. The molecule has 0 saturated carbocycles. The molecule has 0 spiro atoms. The fourth-order valence-electron chi connectivity index (χ4n) is 1.70. The van der Waals surface area contributed by atoms with E-state index in [-0.39, 0.29) is 6.10 Å². The van der Waals surface area contributed by atoms with Gasteiger partial charge in [0.25, 0.3) is 0 Å². The number of aliphatic hydroxyl groups excluding tert-OH is 1. The molecule has 0 radical (unpaired) electrons. The van der Waals surface area contributed by atoms with Crippen LogP contribution in [0, 0.1) is 0 Å². The second kappa shape index (κ2) is 7.36. The van der Waals surface area contributed by atoms with Crippen molar-refractivity contribution >= 4 is 0 Å². The van der Waals surface area contributed by atoms with E-state index in [0.717, 1.165) is 32.4 Å². The van der Waals surface area contributed by atoms with Crippen molar-refractivity contribution in [3.05, 3.63) is 30.1 Å². The van der Waals surface area contributed by atoms with Crippen molar-refractivity contribution in [3.63, 3.8) is 0 Å². The third kappa shape index (κ3) is 5.83. The van der Waals surface area contributed by atoms with E-state index in [0.29, 0.717) is 0 Å². The van der Waals surface area contributed by atoms with E-state index in [2.05, 4.69) is 16.9 Å². The quantitative estimate of drug-likeness (QED) is 0.717. The van der Waals surface area contributed by atoms with Gasteiger partial charge in [0.1, 0.15) is 0 Å². The van der Waals surface area contributed by atoms with E-state index in [9.17, 15) is 0 Å². The Morgan fingerprint density at radius 3 is 2.62 bits per heavy atom. The fourth-order valence-corrected chi connectivity index (χ4v) is 1.70. The first kappa shape index (κ1) is 13.1. The summed E-state index contributed by atoms with van der Waals surface area (Å²) in [6.45, 7) is 3.90. The summed E-state index contributed by atoms with van der Waals surface area (Å²) >= 11 is 0. The van der Waals surface area contributed by atoms with Crippen molar-refractivity contribution in [2.75, 3.05) is 13.6 Å². The van der Waals surface area contributed by atoms with Crippen molar-refractivity contribution in [2.24, 2.45) is 0 Å². The molecule has 0 bridgehead atoms. The van der Waals surface area contributed by atoms with E-state index in [4.69, 9.17) is 5.11 Å². The lowest BCUT2D eigenvalue weighted by Crippen LogP contribution is -2.19. The van der Waals surface area contributed by atoms with E-state index in [1.165, 1.54) is 5.56 Å². The van der Waals surface area contributed by atoms with Crippen molar-refractivity contribution < 1.29 is 5.11 Å². The first-order valence-corrected chi connectivity index (χ1v) is 5.94. The molecule has 1 rings (SSSR count). The minimum absolute atomic E-state index is 0.162. The summed E-state index contributed by atoms with van der Waals surface area (Å²) in [5, 5.41) is 9.13. The highest BCUT2D eigenvalue weighted by Crippen LogP contribution is 2.04. The van der Waals surface area contributed by atoms with Crippen LogP contribution in [0.3, 0.4) is 0 Å². The van der Waals surface area contributed by atoms with E-state index >= 15 is 0 Å². The lowest BCUT2D eigenvalue weighted by Gasteiger charge is -2.16. The Labute approximate surface area is 98.1 Å². The number of aliphatic hydroxyl groups is 1. The highest BCUT2D eigenvalue weighted by atomic mass is 16.3. The van der Waals surface area contributed by atoms with Crippen molar-refractivity contribution in [1.82, 2.24) is 9.88 Å².